The number of aryl methyl sites for hydroxylation is 2. The molecule has 0 atom stereocenters. The summed E-state index contributed by atoms with van der Waals surface area (Å²) < 4.78 is 5.93. The first-order chi connectivity index (χ1) is 9.70. The fourth-order valence-electron chi connectivity index (χ4n) is 2.38. The lowest BCUT2D eigenvalue weighted by Crippen LogP contribution is -2.07. The number of hydrogen-bond acceptors (Lipinski definition) is 3. The second kappa shape index (κ2) is 7.06. The van der Waals surface area contributed by atoms with Crippen LogP contribution in [0.2, 0.25) is 0 Å². The normalized spacial score (nSPS) is 10.6. The molecule has 1 heterocycles. The van der Waals surface area contributed by atoms with Crippen molar-refractivity contribution in [3.8, 4) is 5.75 Å². The molecule has 2 rings (SSSR count). The third kappa shape index (κ3) is 3.81. The standard InChI is InChI=1S/C17H22N2O/c1-13-11-15(6-8-18)12-14(2)17(13)20-10-7-16-5-3-4-9-19-16/h3-5,9,11-12H,6-8,10,18H2,1-2H3. The molecule has 0 aliphatic heterocycles. The van der Waals surface area contributed by atoms with Crippen molar-refractivity contribution in [2.75, 3.05) is 13.2 Å². The molecular formula is C17H22N2O. The van der Waals surface area contributed by atoms with Crippen molar-refractivity contribution in [2.24, 2.45) is 5.73 Å². The molecule has 0 bridgehead atoms. The van der Waals surface area contributed by atoms with Crippen LogP contribution in [0.5, 0.6) is 5.75 Å². The summed E-state index contributed by atoms with van der Waals surface area (Å²) in [5.41, 5.74) is 10.3. The summed E-state index contributed by atoms with van der Waals surface area (Å²) in [6.07, 6.45) is 3.55. The summed E-state index contributed by atoms with van der Waals surface area (Å²) in [4.78, 5) is 4.30. The maximum absolute atomic E-state index is 5.93. The summed E-state index contributed by atoms with van der Waals surface area (Å²) in [5, 5.41) is 0. The monoisotopic (exact) mass is 270 g/mol. The summed E-state index contributed by atoms with van der Waals surface area (Å²) in [7, 11) is 0. The second-order valence-corrected chi connectivity index (χ2v) is 5.02. The van der Waals surface area contributed by atoms with Gasteiger partial charge in [-0.25, -0.2) is 0 Å². The molecule has 106 valence electrons. The Balaban J connectivity index is 1.99. The van der Waals surface area contributed by atoms with Gasteiger partial charge < -0.3 is 10.5 Å². The van der Waals surface area contributed by atoms with Gasteiger partial charge in [-0.1, -0.05) is 18.2 Å². The Hall–Kier alpha value is -1.87. The molecular weight excluding hydrogens is 248 g/mol. The van der Waals surface area contributed by atoms with Crippen molar-refractivity contribution in [2.45, 2.75) is 26.7 Å². The van der Waals surface area contributed by atoms with Crippen molar-refractivity contribution in [1.29, 1.82) is 0 Å². The lowest BCUT2D eigenvalue weighted by atomic mass is 10.0. The van der Waals surface area contributed by atoms with Gasteiger partial charge in [0, 0.05) is 18.3 Å². The van der Waals surface area contributed by atoms with Crippen molar-refractivity contribution >= 4 is 0 Å². The number of ether oxygens (including phenoxy) is 1. The fraction of sp³-hybridized carbons (Fsp3) is 0.353. The Morgan fingerprint density at radius 3 is 2.45 bits per heavy atom. The van der Waals surface area contributed by atoms with Crippen LogP contribution in [-0.4, -0.2) is 18.1 Å². The summed E-state index contributed by atoms with van der Waals surface area (Å²) in [6, 6.07) is 10.3. The van der Waals surface area contributed by atoms with Crippen LogP contribution in [0.15, 0.2) is 36.5 Å². The first-order valence-corrected chi connectivity index (χ1v) is 7.03. The molecule has 0 spiro atoms. The summed E-state index contributed by atoms with van der Waals surface area (Å²) in [5.74, 6) is 0.988. The van der Waals surface area contributed by atoms with Crippen LogP contribution in [0.3, 0.4) is 0 Å². The van der Waals surface area contributed by atoms with Gasteiger partial charge in [0.25, 0.3) is 0 Å². The highest BCUT2D eigenvalue weighted by atomic mass is 16.5. The van der Waals surface area contributed by atoms with Crippen molar-refractivity contribution < 1.29 is 4.74 Å². The molecule has 3 nitrogen and oxygen atoms in total. The van der Waals surface area contributed by atoms with E-state index < -0.39 is 0 Å². The molecule has 2 N–H and O–H groups in total. The maximum Gasteiger partial charge on any atom is 0.125 e. The lowest BCUT2D eigenvalue weighted by molar-refractivity contribution is 0.316. The van der Waals surface area contributed by atoms with Crippen LogP contribution in [0, 0.1) is 13.8 Å². The predicted molar refractivity (Wildman–Crippen MR) is 82.1 cm³/mol. The van der Waals surface area contributed by atoms with Crippen molar-refractivity contribution in [3.63, 3.8) is 0 Å². The SMILES string of the molecule is Cc1cc(CCN)cc(C)c1OCCc1ccccn1. The smallest absolute Gasteiger partial charge is 0.125 e. The van der Waals surface area contributed by atoms with Gasteiger partial charge in [0.2, 0.25) is 0 Å². The van der Waals surface area contributed by atoms with Gasteiger partial charge >= 0.3 is 0 Å². The highest BCUT2D eigenvalue weighted by molar-refractivity contribution is 5.43. The fourth-order valence-corrected chi connectivity index (χ4v) is 2.38. The number of nitrogens with zero attached hydrogens (tertiary/aromatic N) is 1. The van der Waals surface area contributed by atoms with E-state index in [9.17, 15) is 0 Å². The number of rotatable bonds is 6. The van der Waals surface area contributed by atoms with Gasteiger partial charge in [-0.2, -0.15) is 0 Å². The number of aromatic nitrogens is 1. The van der Waals surface area contributed by atoms with Gasteiger partial charge in [0.1, 0.15) is 5.75 Å². The van der Waals surface area contributed by atoms with E-state index in [1.165, 1.54) is 16.7 Å². The molecule has 0 fully saturated rings. The first kappa shape index (κ1) is 14.5. The molecule has 1 aromatic heterocycles. The van der Waals surface area contributed by atoms with E-state index in [2.05, 4.69) is 31.0 Å². The Bertz CT molecular complexity index is 529. The molecule has 20 heavy (non-hydrogen) atoms. The van der Waals surface area contributed by atoms with E-state index in [1.54, 1.807) is 0 Å². The van der Waals surface area contributed by atoms with Gasteiger partial charge in [-0.15, -0.1) is 0 Å². The van der Waals surface area contributed by atoms with Crippen molar-refractivity contribution in [1.82, 2.24) is 4.98 Å². The molecule has 0 saturated heterocycles. The molecule has 0 amide bonds. The molecule has 0 aliphatic rings. The summed E-state index contributed by atoms with van der Waals surface area (Å²) in [6.45, 7) is 5.50. The van der Waals surface area contributed by atoms with Crippen molar-refractivity contribution in [3.05, 3.63) is 58.9 Å². The molecule has 0 radical (unpaired) electrons. The topological polar surface area (TPSA) is 48.1 Å². The summed E-state index contributed by atoms with van der Waals surface area (Å²) >= 11 is 0. The number of nitrogens with two attached hydrogens (primary N) is 1. The Morgan fingerprint density at radius 1 is 1.10 bits per heavy atom. The van der Waals surface area contributed by atoms with Crippen LogP contribution >= 0.6 is 0 Å². The van der Waals surface area contributed by atoms with Gasteiger partial charge in [0.15, 0.2) is 0 Å². The third-order valence-electron chi connectivity index (χ3n) is 3.28. The van der Waals surface area contributed by atoms with Crippen LogP contribution < -0.4 is 10.5 Å². The minimum atomic E-state index is 0.648. The number of benzene rings is 1. The van der Waals surface area contributed by atoms with E-state index in [-0.39, 0.29) is 0 Å². The number of hydrogen-bond donors (Lipinski definition) is 1. The average Bonchev–Trinajstić information content (AvgIpc) is 2.43. The van der Waals surface area contributed by atoms with Gasteiger partial charge in [0.05, 0.1) is 6.61 Å². The highest BCUT2D eigenvalue weighted by Gasteiger charge is 2.06. The average molecular weight is 270 g/mol. The molecule has 0 aliphatic carbocycles. The van der Waals surface area contributed by atoms with Gasteiger partial charge in [-0.3, -0.25) is 4.98 Å². The largest absolute Gasteiger partial charge is 0.493 e. The zero-order valence-corrected chi connectivity index (χ0v) is 12.2. The highest BCUT2D eigenvalue weighted by Crippen LogP contribution is 2.25. The lowest BCUT2D eigenvalue weighted by Gasteiger charge is -2.14. The van der Waals surface area contributed by atoms with E-state index in [0.29, 0.717) is 13.2 Å². The third-order valence-corrected chi connectivity index (χ3v) is 3.28. The van der Waals surface area contributed by atoms with Crippen LogP contribution in [0.25, 0.3) is 0 Å². The first-order valence-electron chi connectivity index (χ1n) is 7.03. The van der Waals surface area contributed by atoms with Crippen LogP contribution in [0.1, 0.15) is 22.4 Å². The predicted octanol–water partition coefficient (Wildman–Crippen LogP) is 2.82. The molecule has 0 unspecified atom stereocenters. The zero-order valence-electron chi connectivity index (χ0n) is 12.2. The van der Waals surface area contributed by atoms with Gasteiger partial charge in [-0.05, 0) is 55.6 Å². The Morgan fingerprint density at radius 2 is 1.85 bits per heavy atom. The van der Waals surface area contributed by atoms with E-state index >= 15 is 0 Å². The minimum absolute atomic E-state index is 0.648. The van der Waals surface area contributed by atoms with Crippen LogP contribution in [-0.2, 0) is 12.8 Å². The Labute approximate surface area is 120 Å². The Kier molecular flexibility index (Phi) is 5.13. The van der Waals surface area contributed by atoms with E-state index in [4.69, 9.17) is 10.5 Å². The maximum atomic E-state index is 5.93. The zero-order chi connectivity index (χ0) is 14.4. The quantitative estimate of drug-likeness (QED) is 0.878. The minimum Gasteiger partial charge on any atom is -0.493 e. The van der Waals surface area contributed by atoms with Crippen LogP contribution in [0.4, 0.5) is 0 Å². The molecule has 0 saturated carbocycles. The second-order valence-electron chi connectivity index (χ2n) is 5.02. The molecule has 2 aromatic rings. The molecule has 3 heteroatoms. The number of pyridine rings is 1. The van der Waals surface area contributed by atoms with E-state index in [0.717, 1.165) is 24.3 Å². The molecule has 1 aromatic carbocycles. The van der Waals surface area contributed by atoms with E-state index in [1.807, 2.05) is 24.4 Å².